The SMILES string of the molecule is CC(C)(C)OC(=O)NC(CC1CCCCC1)C(=O)N(O)C1CCCNCC1. The number of hydroxylamine groups is 2. The zero-order chi connectivity index (χ0) is 19.9. The molecule has 156 valence electrons. The highest BCUT2D eigenvalue weighted by Gasteiger charge is 2.33. The van der Waals surface area contributed by atoms with Gasteiger partial charge in [-0.25, -0.2) is 9.86 Å². The van der Waals surface area contributed by atoms with E-state index in [1.54, 1.807) is 20.8 Å². The highest BCUT2D eigenvalue weighted by atomic mass is 16.6. The molecule has 7 nitrogen and oxygen atoms in total. The number of hydrogen-bond acceptors (Lipinski definition) is 5. The van der Waals surface area contributed by atoms with E-state index in [0.29, 0.717) is 18.8 Å². The summed E-state index contributed by atoms with van der Waals surface area (Å²) in [4.78, 5) is 25.3. The molecule has 1 saturated heterocycles. The average Bonchev–Trinajstić information content (AvgIpc) is 2.88. The topological polar surface area (TPSA) is 90.9 Å². The molecule has 1 aliphatic heterocycles. The molecule has 0 spiro atoms. The van der Waals surface area contributed by atoms with Crippen LogP contribution in [0.15, 0.2) is 0 Å². The lowest BCUT2D eigenvalue weighted by atomic mass is 9.84. The van der Waals surface area contributed by atoms with Gasteiger partial charge in [-0.05, 0) is 65.5 Å². The van der Waals surface area contributed by atoms with E-state index in [0.717, 1.165) is 56.7 Å². The summed E-state index contributed by atoms with van der Waals surface area (Å²) in [6, 6.07) is -0.953. The molecule has 2 amide bonds. The number of amides is 2. The van der Waals surface area contributed by atoms with Crippen LogP contribution in [0.3, 0.4) is 0 Å². The van der Waals surface area contributed by atoms with Crippen LogP contribution in [0.5, 0.6) is 0 Å². The van der Waals surface area contributed by atoms with Crippen LogP contribution < -0.4 is 10.6 Å². The van der Waals surface area contributed by atoms with Crippen molar-refractivity contribution in [3.8, 4) is 0 Å². The summed E-state index contributed by atoms with van der Waals surface area (Å²) in [5, 5.41) is 17.5. The van der Waals surface area contributed by atoms with Gasteiger partial charge >= 0.3 is 6.09 Å². The first-order valence-corrected chi connectivity index (χ1v) is 10.5. The molecule has 1 aliphatic carbocycles. The third-order valence-electron chi connectivity index (χ3n) is 5.40. The number of ether oxygens (including phenoxy) is 1. The quantitative estimate of drug-likeness (QED) is 0.501. The van der Waals surface area contributed by atoms with E-state index in [4.69, 9.17) is 4.74 Å². The number of carbonyl (C=O) groups excluding carboxylic acids is 2. The molecule has 27 heavy (non-hydrogen) atoms. The summed E-state index contributed by atoms with van der Waals surface area (Å²) in [5.41, 5.74) is -0.631. The smallest absolute Gasteiger partial charge is 0.408 e. The summed E-state index contributed by atoms with van der Waals surface area (Å²) in [6.45, 7) is 7.06. The lowest BCUT2D eigenvalue weighted by molar-refractivity contribution is -0.179. The van der Waals surface area contributed by atoms with Crippen LogP contribution in [-0.4, -0.2) is 53.0 Å². The van der Waals surface area contributed by atoms with Gasteiger partial charge < -0.3 is 15.4 Å². The fraction of sp³-hybridized carbons (Fsp3) is 0.900. The zero-order valence-electron chi connectivity index (χ0n) is 17.1. The molecule has 0 aromatic rings. The molecule has 2 fully saturated rings. The molecule has 3 N–H and O–H groups in total. The van der Waals surface area contributed by atoms with E-state index in [2.05, 4.69) is 10.6 Å². The molecule has 2 atom stereocenters. The Labute approximate surface area is 163 Å². The van der Waals surface area contributed by atoms with E-state index in [1.165, 1.54) is 6.42 Å². The van der Waals surface area contributed by atoms with Crippen molar-refractivity contribution in [3.63, 3.8) is 0 Å². The number of rotatable bonds is 5. The maximum Gasteiger partial charge on any atom is 0.408 e. The third-order valence-corrected chi connectivity index (χ3v) is 5.40. The fourth-order valence-electron chi connectivity index (χ4n) is 4.01. The summed E-state index contributed by atoms with van der Waals surface area (Å²) in [7, 11) is 0. The number of carbonyl (C=O) groups is 2. The Morgan fingerprint density at radius 1 is 1.11 bits per heavy atom. The Bertz CT molecular complexity index is 478. The summed E-state index contributed by atoms with van der Waals surface area (Å²) >= 11 is 0. The van der Waals surface area contributed by atoms with E-state index >= 15 is 0 Å². The van der Waals surface area contributed by atoms with Gasteiger partial charge in [-0.3, -0.25) is 10.0 Å². The van der Waals surface area contributed by atoms with Crippen LogP contribution in [-0.2, 0) is 9.53 Å². The van der Waals surface area contributed by atoms with Crippen LogP contribution in [0, 0.1) is 5.92 Å². The molecule has 1 heterocycles. The van der Waals surface area contributed by atoms with E-state index in [1.807, 2.05) is 0 Å². The van der Waals surface area contributed by atoms with Gasteiger partial charge in [-0.15, -0.1) is 0 Å². The Morgan fingerprint density at radius 2 is 1.81 bits per heavy atom. The molecule has 0 aromatic carbocycles. The maximum absolute atomic E-state index is 13.0. The first-order chi connectivity index (χ1) is 12.8. The molecule has 7 heteroatoms. The largest absolute Gasteiger partial charge is 0.444 e. The van der Waals surface area contributed by atoms with Crippen molar-refractivity contribution in [3.05, 3.63) is 0 Å². The molecule has 0 aromatic heterocycles. The van der Waals surface area contributed by atoms with Crippen LogP contribution in [0.1, 0.15) is 78.6 Å². The number of alkyl carbamates (subject to hydrolysis) is 1. The average molecular weight is 384 g/mol. The van der Waals surface area contributed by atoms with Gasteiger partial charge in [0, 0.05) is 0 Å². The molecular formula is C20H37N3O4. The second-order valence-corrected chi connectivity index (χ2v) is 8.96. The lowest BCUT2D eigenvalue weighted by Crippen LogP contribution is -2.52. The fourth-order valence-corrected chi connectivity index (χ4v) is 4.01. The minimum absolute atomic E-state index is 0.207. The second kappa shape index (κ2) is 10.3. The van der Waals surface area contributed by atoms with Gasteiger partial charge in [0.1, 0.15) is 11.6 Å². The van der Waals surface area contributed by atoms with Gasteiger partial charge in [-0.2, -0.15) is 0 Å². The van der Waals surface area contributed by atoms with Gasteiger partial charge in [0.2, 0.25) is 0 Å². The normalized spacial score (nSPS) is 23.2. The Morgan fingerprint density at radius 3 is 2.48 bits per heavy atom. The molecule has 2 unspecified atom stereocenters. The standard InChI is InChI=1S/C20H37N3O4/c1-20(2,3)27-19(25)22-17(14-15-8-5-4-6-9-15)18(24)23(26)16-10-7-12-21-13-11-16/h15-17,21,26H,4-14H2,1-3H3,(H,22,25). The number of nitrogens with zero attached hydrogens (tertiary/aromatic N) is 1. The molecule has 2 aliphatic rings. The van der Waals surface area contributed by atoms with Gasteiger partial charge in [0.15, 0.2) is 0 Å². The van der Waals surface area contributed by atoms with Crippen LogP contribution in [0.2, 0.25) is 0 Å². The third kappa shape index (κ3) is 7.66. The summed E-state index contributed by atoms with van der Waals surface area (Å²) < 4.78 is 5.34. The van der Waals surface area contributed by atoms with E-state index in [-0.39, 0.29) is 6.04 Å². The molecule has 0 radical (unpaired) electrons. The van der Waals surface area contributed by atoms with Gasteiger partial charge in [0.05, 0.1) is 6.04 Å². The van der Waals surface area contributed by atoms with Crippen LogP contribution >= 0.6 is 0 Å². The minimum Gasteiger partial charge on any atom is -0.444 e. The number of hydrogen-bond donors (Lipinski definition) is 3. The first kappa shape index (κ1) is 22.0. The maximum atomic E-state index is 13.0. The lowest BCUT2D eigenvalue weighted by Gasteiger charge is -2.32. The zero-order valence-corrected chi connectivity index (χ0v) is 17.1. The van der Waals surface area contributed by atoms with Crippen molar-refractivity contribution >= 4 is 12.0 Å². The van der Waals surface area contributed by atoms with Crippen LogP contribution in [0.25, 0.3) is 0 Å². The Balaban J connectivity index is 2.03. The molecule has 0 bridgehead atoms. The van der Waals surface area contributed by atoms with Gasteiger partial charge in [0.25, 0.3) is 5.91 Å². The minimum atomic E-state index is -0.746. The van der Waals surface area contributed by atoms with Gasteiger partial charge in [-0.1, -0.05) is 32.1 Å². The summed E-state index contributed by atoms with van der Waals surface area (Å²) in [6.07, 6.45) is 8.04. The molecular weight excluding hydrogens is 346 g/mol. The van der Waals surface area contributed by atoms with Crippen LogP contribution in [0.4, 0.5) is 4.79 Å². The second-order valence-electron chi connectivity index (χ2n) is 8.96. The van der Waals surface area contributed by atoms with Crippen molar-refractivity contribution in [2.45, 2.75) is 96.2 Å². The predicted molar refractivity (Wildman–Crippen MR) is 103 cm³/mol. The molecule has 2 rings (SSSR count). The van der Waals surface area contributed by atoms with Crippen molar-refractivity contribution in [1.82, 2.24) is 15.7 Å². The van der Waals surface area contributed by atoms with E-state index in [9.17, 15) is 14.8 Å². The van der Waals surface area contributed by atoms with Crippen molar-refractivity contribution < 1.29 is 19.5 Å². The Kier molecular flexibility index (Phi) is 8.35. The Hall–Kier alpha value is -1.34. The van der Waals surface area contributed by atoms with E-state index < -0.39 is 23.6 Å². The van der Waals surface area contributed by atoms with Crippen molar-refractivity contribution in [1.29, 1.82) is 0 Å². The number of nitrogens with one attached hydrogen (secondary N) is 2. The van der Waals surface area contributed by atoms with Crippen molar-refractivity contribution in [2.24, 2.45) is 5.92 Å². The highest BCUT2D eigenvalue weighted by molar-refractivity contribution is 5.85. The molecule has 1 saturated carbocycles. The monoisotopic (exact) mass is 383 g/mol. The first-order valence-electron chi connectivity index (χ1n) is 10.5. The predicted octanol–water partition coefficient (Wildman–Crippen LogP) is 3.21. The van der Waals surface area contributed by atoms with Crippen molar-refractivity contribution in [2.75, 3.05) is 13.1 Å². The summed E-state index contributed by atoms with van der Waals surface area (Å²) in [5.74, 6) is -0.0230. The highest BCUT2D eigenvalue weighted by Crippen LogP contribution is 2.28.